The van der Waals surface area contributed by atoms with Crippen molar-refractivity contribution < 1.29 is 23.6 Å². The van der Waals surface area contributed by atoms with Gasteiger partial charge in [0.25, 0.3) is 5.91 Å². The van der Waals surface area contributed by atoms with Crippen LogP contribution in [0.5, 0.6) is 5.75 Å². The Bertz CT molecular complexity index is 813. The molecule has 0 radical (unpaired) electrons. The summed E-state index contributed by atoms with van der Waals surface area (Å²) >= 11 is 0. The van der Waals surface area contributed by atoms with E-state index in [0.717, 1.165) is 12.8 Å². The summed E-state index contributed by atoms with van der Waals surface area (Å²) < 4.78 is 15.8. The predicted octanol–water partition coefficient (Wildman–Crippen LogP) is 1.71. The number of carbonyl (C=O) groups excluding carboxylic acids is 2. The van der Waals surface area contributed by atoms with Gasteiger partial charge in [-0.2, -0.15) is 4.98 Å². The Morgan fingerprint density at radius 2 is 1.97 bits per heavy atom. The highest BCUT2D eigenvalue weighted by atomic mass is 16.5. The van der Waals surface area contributed by atoms with Crippen LogP contribution in [0.15, 0.2) is 28.8 Å². The summed E-state index contributed by atoms with van der Waals surface area (Å²) in [4.78, 5) is 30.1. The van der Waals surface area contributed by atoms with Crippen LogP contribution in [0.2, 0.25) is 0 Å². The minimum absolute atomic E-state index is 0.0580. The molecule has 1 saturated heterocycles. The first kappa shape index (κ1) is 20.8. The van der Waals surface area contributed by atoms with Crippen molar-refractivity contribution in [3.05, 3.63) is 41.5 Å². The molecule has 29 heavy (non-hydrogen) atoms. The van der Waals surface area contributed by atoms with Gasteiger partial charge in [0.2, 0.25) is 11.8 Å². The van der Waals surface area contributed by atoms with E-state index in [0.29, 0.717) is 49.1 Å². The van der Waals surface area contributed by atoms with Crippen LogP contribution in [0.4, 0.5) is 0 Å². The molecule has 3 rings (SSSR count). The molecule has 0 bridgehead atoms. The van der Waals surface area contributed by atoms with Gasteiger partial charge in [0.15, 0.2) is 5.82 Å². The largest absolute Gasteiger partial charge is 0.490 e. The summed E-state index contributed by atoms with van der Waals surface area (Å²) in [6.07, 6.45) is 2.04. The highest BCUT2D eigenvalue weighted by Crippen LogP contribution is 2.20. The van der Waals surface area contributed by atoms with Crippen LogP contribution in [-0.4, -0.2) is 59.8 Å². The third-order valence-corrected chi connectivity index (χ3v) is 4.71. The number of carbonyl (C=O) groups is 2. The monoisotopic (exact) mass is 402 g/mol. The first-order valence-corrected chi connectivity index (χ1v) is 9.66. The van der Waals surface area contributed by atoms with Gasteiger partial charge < -0.3 is 24.2 Å². The van der Waals surface area contributed by atoms with Crippen molar-refractivity contribution in [1.29, 1.82) is 0 Å². The molecule has 2 amide bonds. The number of methoxy groups -OCH3 is 1. The average molecular weight is 402 g/mol. The SMILES string of the molecule is COCCC(=O)N1CCC(Oc2ccc(C(=O)NCc3noc(C)n3)cc2)CC1. The second kappa shape index (κ2) is 10.0. The molecule has 156 valence electrons. The lowest BCUT2D eigenvalue weighted by atomic mass is 10.1. The van der Waals surface area contributed by atoms with Crippen molar-refractivity contribution >= 4 is 11.8 Å². The standard InChI is InChI=1S/C20H26N4O5/c1-14-22-18(23-29-14)13-21-20(26)15-3-5-16(6-4-15)28-17-7-10-24(11-8-17)19(25)9-12-27-2/h3-6,17H,7-13H2,1-2H3,(H,21,26). The summed E-state index contributed by atoms with van der Waals surface area (Å²) in [6, 6.07) is 7.00. The summed E-state index contributed by atoms with van der Waals surface area (Å²) in [7, 11) is 1.59. The van der Waals surface area contributed by atoms with Gasteiger partial charge in [0.1, 0.15) is 11.9 Å². The molecule has 1 N–H and O–H groups in total. The first-order chi connectivity index (χ1) is 14.0. The van der Waals surface area contributed by atoms with Gasteiger partial charge in [-0.15, -0.1) is 0 Å². The minimum atomic E-state index is -0.220. The summed E-state index contributed by atoms with van der Waals surface area (Å²) in [5.74, 6) is 1.50. The van der Waals surface area contributed by atoms with E-state index in [4.69, 9.17) is 14.0 Å². The smallest absolute Gasteiger partial charge is 0.251 e. The summed E-state index contributed by atoms with van der Waals surface area (Å²) in [5, 5.41) is 6.49. The lowest BCUT2D eigenvalue weighted by Gasteiger charge is -2.32. The van der Waals surface area contributed by atoms with Crippen LogP contribution in [0.3, 0.4) is 0 Å². The van der Waals surface area contributed by atoms with Gasteiger partial charge >= 0.3 is 0 Å². The maximum Gasteiger partial charge on any atom is 0.251 e. The lowest BCUT2D eigenvalue weighted by molar-refractivity contribution is -0.133. The zero-order chi connectivity index (χ0) is 20.6. The molecule has 0 aliphatic carbocycles. The van der Waals surface area contributed by atoms with E-state index in [-0.39, 0.29) is 24.5 Å². The van der Waals surface area contributed by atoms with Crippen LogP contribution in [0.25, 0.3) is 0 Å². The van der Waals surface area contributed by atoms with E-state index < -0.39 is 0 Å². The van der Waals surface area contributed by atoms with E-state index in [1.54, 1.807) is 38.3 Å². The third kappa shape index (κ3) is 6.02. The number of piperidine rings is 1. The minimum Gasteiger partial charge on any atom is -0.490 e. The van der Waals surface area contributed by atoms with Crippen molar-refractivity contribution in [2.24, 2.45) is 0 Å². The van der Waals surface area contributed by atoms with E-state index in [2.05, 4.69) is 15.5 Å². The van der Waals surface area contributed by atoms with Crippen LogP contribution >= 0.6 is 0 Å². The molecule has 0 unspecified atom stereocenters. The number of nitrogens with one attached hydrogen (secondary N) is 1. The highest BCUT2D eigenvalue weighted by Gasteiger charge is 2.23. The highest BCUT2D eigenvalue weighted by molar-refractivity contribution is 5.94. The summed E-state index contributed by atoms with van der Waals surface area (Å²) in [5.41, 5.74) is 0.524. The fourth-order valence-corrected chi connectivity index (χ4v) is 3.12. The molecule has 1 aromatic carbocycles. The number of hydrogen-bond acceptors (Lipinski definition) is 7. The fraction of sp³-hybridized carbons (Fsp3) is 0.500. The Kier molecular flexibility index (Phi) is 7.18. The number of benzene rings is 1. The molecule has 0 atom stereocenters. The second-order valence-corrected chi connectivity index (χ2v) is 6.88. The van der Waals surface area contributed by atoms with E-state index in [1.807, 2.05) is 4.90 Å². The number of likely N-dealkylation sites (tertiary alicyclic amines) is 1. The molecule has 9 nitrogen and oxygen atoms in total. The van der Waals surface area contributed by atoms with Crippen molar-refractivity contribution in [2.45, 2.75) is 38.8 Å². The molecule has 2 heterocycles. The second-order valence-electron chi connectivity index (χ2n) is 6.88. The molecule has 1 aromatic heterocycles. The van der Waals surface area contributed by atoms with E-state index >= 15 is 0 Å². The van der Waals surface area contributed by atoms with E-state index in [1.165, 1.54) is 0 Å². The normalized spacial score (nSPS) is 14.6. The molecule has 2 aromatic rings. The third-order valence-electron chi connectivity index (χ3n) is 4.71. The quantitative estimate of drug-likeness (QED) is 0.716. The van der Waals surface area contributed by atoms with Crippen LogP contribution in [0.1, 0.15) is 41.3 Å². The number of rotatable bonds is 8. The van der Waals surface area contributed by atoms with Gasteiger partial charge in [-0.25, -0.2) is 0 Å². The number of aromatic nitrogens is 2. The first-order valence-electron chi connectivity index (χ1n) is 9.66. The lowest BCUT2D eigenvalue weighted by Crippen LogP contribution is -2.42. The maximum absolute atomic E-state index is 12.2. The van der Waals surface area contributed by atoms with Crippen LogP contribution < -0.4 is 10.1 Å². The molecule has 0 spiro atoms. The number of amides is 2. The number of hydrogen-bond donors (Lipinski definition) is 1. The Morgan fingerprint density at radius 1 is 1.24 bits per heavy atom. The van der Waals surface area contributed by atoms with Crippen molar-refractivity contribution in [3.63, 3.8) is 0 Å². The Morgan fingerprint density at radius 3 is 2.59 bits per heavy atom. The van der Waals surface area contributed by atoms with Gasteiger partial charge in [0, 0.05) is 45.5 Å². The van der Waals surface area contributed by atoms with Gasteiger partial charge in [-0.3, -0.25) is 9.59 Å². The molecule has 1 aliphatic heterocycles. The van der Waals surface area contributed by atoms with Crippen molar-refractivity contribution in [3.8, 4) is 5.75 Å². The average Bonchev–Trinajstić information content (AvgIpc) is 3.16. The topological polar surface area (TPSA) is 107 Å². The zero-order valence-electron chi connectivity index (χ0n) is 16.7. The number of aryl methyl sites for hydroxylation is 1. The Labute approximate surface area is 169 Å². The molecule has 9 heteroatoms. The Hall–Kier alpha value is -2.94. The van der Waals surface area contributed by atoms with Crippen LogP contribution in [0, 0.1) is 6.92 Å². The number of ether oxygens (including phenoxy) is 2. The predicted molar refractivity (Wildman–Crippen MR) is 103 cm³/mol. The molecular formula is C20H26N4O5. The van der Waals surface area contributed by atoms with Gasteiger partial charge in [-0.05, 0) is 24.3 Å². The molecule has 0 saturated carbocycles. The van der Waals surface area contributed by atoms with E-state index in [9.17, 15) is 9.59 Å². The maximum atomic E-state index is 12.2. The van der Waals surface area contributed by atoms with Crippen molar-refractivity contribution in [1.82, 2.24) is 20.4 Å². The zero-order valence-corrected chi connectivity index (χ0v) is 16.7. The van der Waals surface area contributed by atoms with Crippen molar-refractivity contribution in [2.75, 3.05) is 26.8 Å². The molecular weight excluding hydrogens is 376 g/mol. The van der Waals surface area contributed by atoms with Crippen LogP contribution in [-0.2, 0) is 16.1 Å². The molecule has 1 aliphatic rings. The number of nitrogens with zero attached hydrogens (tertiary/aromatic N) is 3. The Balaban J connectivity index is 1.43. The summed E-state index contributed by atoms with van der Waals surface area (Å²) in [6.45, 7) is 3.72. The van der Waals surface area contributed by atoms with Gasteiger partial charge in [-0.1, -0.05) is 5.16 Å². The fourth-order valence-electron chi connectivity index (χ4n) is 3.12. The van der Waals surface area contributed by atoms with Gasteiger partial charge in [0.05, 0.1) is 19.6 Å². The molecule has 1 fully saturated rings.